The lowest BCUT2D eigenvalue weighted by molar-refractivity contribution is -0.168. The second-order valence-corrected chi connectivity index (χ2v) is 5.99. The highest BCUT2D eigenvalue weighted by molar-refractivity contribution is 14.1. The minimum absolute atomic E-state index is 0.117. The molecule has 2 atom stereocenters. The lowest BCUT2D eigenvalue weighted by Gasteiger charge is -2.24. The summed E-state index contributed by atoms with van der Waals surface area (Å²) >= 11 is 2.40. The van der Waals surface area contributed by atoms with E-state index in [4.69, 9.17) is 9.47 Å². The Kier molecular flexibility index (Phi) is 11.7. The Bertz CT molecular complexity index is 391. The molecule has 0 aromatic heterocycles. The van der Waals surface area contributed by atoms with Crippen molar-refractivity contribution in [3.63, 3.8) is 0 Å². The largest absolute Gasteiger partial charge is 0.353 e. The maximum absolute atomic E-state index is 5.76. The van der Waals surface area contributed by atoms with Crippen LogP contribution in [0.15, 0.2) is 12.7 Å². The van der Waals surface area contributed by atoms with Gasteiger partial charge in [0.2, 0.25) is 0 Å². The number of rotatable bonds is 7. The first kappa shape index (κ1) is 18.6. The molecule has 0 aromatic rings. The maximum atomic E-state index is 5.76. The van der Waals surface area contributed by atoms with Gasteiger partial charge in [0.15, 0.2) is 6.29 Å². The number of unbranched alkanes of at least 4 members (excludes halogenated alkanes) is 3. The van der Waals surface area contributed by atoms with Crippen LogP contribution in [0.4, 0.5) is 0 Å². The van der Waals surface area contributed by atoms with E-state index in [0.29, 0.717) is 0 Å². The highest BCUT2D eigenvalue weighted by atomic mass is 127. The molecular weight excluding hydrogens is 375 g/mol. The average Bonchev–Trinajstić information content (AvgIpc) is 2.53. The van der Waals surface area contributed by atoms with Gasteiger partial charge in [0.1, 0.15) is 6.10 Å². The van der Waals surface area contributed by atoms with Crippen LogP contribution in [0.3, 0.4) is 0 Å². The molecule has 0 aromatic carbocycles. The van der Waals surface area contributed by atoms with Gasteiger partial charge in [-0.3, -0.25) is 0 Å². The average molecular weight is 400 g/mol. The van der Waals surface area contributed by atoms with Crippen molar-refractivity contribution in [3.8, 4) is 23.7 Å². The van der Waals surface area contributed by atoms with E-state index in [-0.39, 0.29) is 12.4 Å². The van der Waals surface area contributed by atoms with Gasteiger partial charge in [-0.2, -0.15) is 0 Å². The fourth-order valence-corrected chi connectivity index (χ4v) is 2.45. The molecule has 0 radical (unpaired) electrons. The molecule has 21 heavy (non-hydrogen) atoms. The molecule has 1 heterocycles. The Morgan fingerprint density at radius 3 is 2.71 bits per heavy atom. The van der Waals surface area contributed by atoms with Gasteiger partial charge in [-0.1, -0.05) is 47.1 Å². The van der Waals surface area contributed by atoms with E-state index >= 15 is 0 Å². The van der Waals surface area contributed by atoms with Crippen molar-refractivity contribution in [1.29, 1.82) is 0 Å². The molecule has 0 amide bonds. The molecule has 1 aliphatic rings. The third kappa shape index (κ3) is 9.96. The van der Waals surface area contributed by atoms with E-state index in [1.807, 2.05) is 0 Å². The molecular formula is C18H25IO2. The van der Waals surface area contributed by atoms with Crippen LogP contribution in [-0.2, 0) is 9.47 Å². The maximum Gasteiger partial charge on any atom is 0.159 e. The minimum Gasteiger partial charge on any atom is -0.353 e. The van der Waals surface area contributed by atoms with Crippen LogP contribution in [0.25, 0.3) is 0 Å². The Labute approximate surface area is 143 Å². The van der Waals surface area contributed by atoms with Crippen LogP contribution in [-0.4, -0.2) is 23.4 Å². The Morgan fingerprint density at radius 2 is 2.00 bits per heavy atom. The zero-order chi connectivity index (χ0) is 15.2. The predicted octanol–water partition coefficient (Wildman–Crippen LogP) is 4.48. The third-order valence-electron chi connectivity index (χ3n) is 3.08. The first-order chi connectivity index (χ1) is 10.4. The summed E-state index contributed by atoms with van der Waals surface area (Å²) < 4.78 is 12.5. The van der Waals surface area contributed by atoms with Crippen LogP contribution in [0.2, 0.25) is 0 Å². The summed E-state index contributed by atoms with van der Waals surface area (Å²) in [7, 11) is 0. The molecule has 0 spiro atoms. The van der Waals surface area contributed by atoms with E-state index in [1.165, 1.54) is 17.3 Å². The number of alkyl halides is 1. The Hall–Kier alpha value is -0.490. The van der Waals surface area contributed by atoms with Crippen LogP contribution in [0, 0.1) is 23.7 Å². The molecule has 3 heteroatoms. The predicted molar refractivity (Wildman–Crippen MR) is 96.2 cm³/mol. The Balaban J connectivity index is 2.16. The smallest absolute Gasteiger partial charge is 0.159 e. The first-order valence-corrected chi connectivity index (χ1v) is 9.29. The number of hydrogen-bond acceptors (Lipinski definition) is 2. The molecule has 0 aliphatic carbocycles. The lowest BCUT2D eigenvalue weighted by atomic mass is 10.2. The van der Waals surface area contributed by atoms with Crippen molar-refractivity contribution >= 4 is 22.6 Å². The normalized spacial score (nSPS) is 18.8. The van der Waals surface area contributed by atoms with Gasteiger partial charge >= 0.3 is 0 Å². The number of halogens is 1. The van der Waals surface area contributed by atoms with E-state index in [1.54, 1.807) is 6.08 Å². The van der Waals surface area contributed by atoms with Crippen molar-refractivity contribution < 1.29 is 9.47 Å². The van der Waals surface area contributed by atoms with Crippen molar-refractivity contribution in [2.75, 3.05) is 11.0 Å². The molecule has 0 N–H and O–H groups in total. The summed E-state index contributed by atoms with van der Waals surface area (Å²) in [5.74, 6) is 12.6. The second kappa shape index (κ2) is 13.2. The minimum atomic E-state index is -0.232. The molecule has 2 nitrogen and oxygen atoms in total. The van der Waals surface area contributed by atoms with Crippen molar-refractivity contribution in [3.05, 3.63) is 12.7 Å². The van der Waals surface area contributed by atoms with Gasteiger partial charge in [-0.15, -0.1) is 11.8 Å². The topological polar surface area (TPSA) is 18.5 Å². The standard InChI is InChI=1S/C18H25IO2/c1-2-17(21-18-14-10-12-16-20-18)13-9-7-5-3-4-6-8-11-15-19/h2,17-18H,1,5-8,10-12,14-16H2. The highest BCUT2D eigenvalue weighted by Crippen LogP contribution is 2.15. The molecule has 2 unspecified atom stereocenters. The zero-order valence-corrected chi connectivity index (χ0v) is 14.9. The van der Waals surface area contributed by atoms with E-state index in [0.717, 1.165) is 45.1 Å². The molecule has 1 aliphatic heterocycles. The summed E-state index contributed by atoms with van der Waals surface area (Å²) in [5, 5.41) is 0. The molecule has 0 bridgehead atoms. The zero-order valence-electron chi connectivity index (χ0n) is 12.7. The van der Waals surface area contributed by atoms with Crippen LogP contribution in [0.5, 0.6) is 0 Å². The fourth-order valence-electron chi connectivity index (χ4n) is 1.91. The lowest BCUT2D eigenvalue weighted by Crippen LogP contribution is -2.26. The van der Waals surface area contributed by atoms with Gasteiger partial charge in [0.25, 0.3) is 0 Å². The number of hydrogen-bond donors (Lipinski definition) is 0. The van der Waals surface area contributed by atoms with E-state index in [2.05, 4.69) is 52.9 Å². The van der Waals surface area contributed by atoms with Crippen molar-refractivity contribution in [1.82, 2.24) is 0 Å². The van der Waals surface area contributed by atoms with Gasteiger partial charge in [0.05, 0.1) is 0 Å². The molecule has 1 fully saturated rings. The third-order valence-corrected chi connectivity index (χ3v) is 3.84. The molecule has 1 rings (SSSR count). The SMILES string of the molecule is C=CC(C#CCCC#CCCCCI)OC1CCCCO1. The molecule has 1 saturated heterocycles. The Morgan fingerprint density at radius 1 is 1.19 bits per heavy atom. The van der Waals surface area contributed by atoms with Gasteiger partial charge < -0.3 is 9.47 Å². The summed E-state index contributed by atoms with van der Waals surface area (Å²) in [6.07, 6.45) is 9.73. The summed E-state index contributed by atoms with van der Waals surface area (Å²) in [5.41, 5.74) is 0. The fraction of sp³-hybridized carbons (Fsp3) is 0.667. The van der Waals surface area contributed by atoms with E-state index in [9.17, 15) is 0 Å². The van der Waals surface area contributed by atoms with Crippen molar-refractivity contribution in [2.45, 2.75) is 63.8 Å². The van der Waals surface area contributed by atoms with Gasteiger partial charge in [0, 0.05) is 25.9 Å². The number of ether oxygens (including phenoxy) is 2. The highest BCUT2D eigenvalue weighted by Gasteiger charge is 2.16. The first-order valence-electron chi connectivity index (χ1n) is 7.76. The summed E-state index contributed by atoms with van der Waals surface area (Å²) in [4.78, 5) is 0. The molecule has 116 valence electrons. The summed E-state index contributed by atoms with van der Waals surface area (Å²) in [6, 6.07) is 0. The van der Waals surface area contributed by atoms with Crippen LogP contribution in [0.1, 0.15) is 51.4 Å². The van der Waals surface area contributed by atoms with Gasteiger partial charge in [-0.25, -0.2) is 0 Å². The van der Waals surface area contributed by atoms with E-state index < -0.39 is 0 Å². The monoisotopic (exact) mass is 400 g/mol. The second-order valence-electron chi connectivity index (χ2n) is 4.91. The quantitative estimate of drug-likeness (QED) is 0.206. The van der Waals surface area contributed by atoms with Crippen molar-refractivity contribution in [2.24, 2.45) is 0 Å². The van der Waals surface area contributed by atoms with Gasteiger partial charge in [-0.05, 0) is 36.5 Å². The van der Waals surface area contributed by atoms with Crippen LogP contribution >= 0.6 is 22.6 Å². The molecule has 0 saturated carbocycles. The summed E-state index contributed by atoms with van der Waals surface area (Å²) in [6.45, 7) is 4.56. The van der Waals surface area contributed by atoms with Crippen LogP contribution < -0.4 is 0 Å².